The van der Waals surface area contributed by atoms with Crippen LogP contribution in [0.2, 0.25) is 0 Å². The standard InChI is InChI=1S/C16H13N3/c1-12-4-9-16(19-18-12)14-7-5-13(6-8-14)15-3-2-10-17-11-15/h2-11H,1H3. The summed E-state index contributed by atoms with van der Waals surface area (Å²) in [6, 6.07) is 16.2. The molecule has 0 radical (unpaired) electrons. The molecule has 2 aromatic heterocycles. The van der Waals surface area contributed by atoms with Crippen molar-refractivity contribution in [2.45, 2.75) is 6.92 Å². The lowest BCUT2D eigenvalue weighted by atomic mass is 10.0. The van der Waals surface area contributed by atoms with E-state index in [0.717, 1.165) is 28.1 Å². The summed E-state index contributed by atoms with van der Waals surface area (Å²) >= 11 is 0. The summed E-state index contributed by atoms with van der Waals surface area (Å²) in [5.74, 6) is 0. The van der Waals surface area contributed by atoms with Crippen LogP contribution in [0.4, 0.5) is 0 Å². The Bertz CT molecular complexity index is 659. The molecule has 3 nitrogen and oxygen atoms in total. The third-order valence-corrected chi connectivity index (χ3v) is 2.97. The lowest BCUT2D eigenvalue weighted by molar-refractivity contribution is 0.987. The van der Waals surface area contributed by atoms with Gasteiger partial charge in [-0.2, -0.15) is 10.2 Å². The maximum atomic E-state index is 4.19. The van der Waals surface area contributed by atoms with Crippen LogP contribution in [0.25, 0.3) is 22.4 Å². The number of benzene rings is 1. The minimum absolute atomic E-state index is 0.892. The van der Waals surface area contributed by atoms with Crippen molar-refractivity contribution in [1.29, 1.82) is 0 Å². The maximum Gasteiger partial charge on any atom is 0.0929 e. The summed E-state index contributed by atoms with van der Waals surface area (Å²) in [6.45, 7) is 1.93. The summed E-state index contributed by atoms with van der Waals surface area (Å²) in [7, 11) is 0. The lowest BCUT2D eigenvalue weighted by Crippen LogP contribution is -1.89. The second-order valence-corrected chi connectivity index (χ2v) is 4.38. The third-order valence-electron chi connectivity index (χ3n) is 2.97. The highest BCUT2D eigenvalue weighted by molar-refractivity contribution is 5.67. The van der Waals surface area contributed by atoms with Crippen molar-refractivity contribution in [3.63, 3.8) is 0 Å². The van der Waals surface area contributed by atoms with E-state index in [0.29, 0.717) is 0 Å². The van der Waals surface area contributed by atoms with Gasteiger partial charge in [0.05, 0.1) is 11.4 Å². The van der Waals surface area contributed by atoms with Crippen molar-refractivity contribution >= 4 is 0 Å². The fourth-order valence-electron chi connectivity index (χ4n) is 1.92. The minimum atomic E-state index is 0.892. The van der Waals surface area contributed by atoms with E-state index >= 15 is 0 Å². The molecule has 0 aliphatic carbocycles. The summed E-state index contributed by atoms with van der Waals surface area (Å²) in [5, 5.41) is 8.26. The molecule has 0 unspecified atom stereocenters. The van der Waals surface area contributed by atoms with E-state index < -0.39 is 0 Å². The summed E-state index contributed by atoms with van der Waals surface area (Å²) in [5.41, 5.74) is 5.15. The summed E-state index contributed by atoms with van der Waals surface area (Å²) < 4.78 is 0. The molecule has 0 saturated heterocycles. The van der Waals surface area contributed by atoms with Crippen LogP contribution in [0, 0.1) is 6.92 Å². The number of hydrogen-bond acceptors (Lipinski definition) is 3. The molecule has 0 saturated carbocycles. The Morgan fingerprint density at radius 2 is 1.53 bits per heavy atom. The van der Waals surface area contributed by atoms with Crippen LogP contribution in [-0.2, 0) is 0 Å². The molecule has 0 N–H and O–H groups in total. The molecule has 19 heavy (non-hydrogen) atoms. The molecule has 0 atom stereocenters. The first-order valence-corrected chi connectivity index (χ1v) is 6.14. The monoisotopic (exact) mass is 247 g/mol. The molecule has 0 aliphatic heterocycles. The molecule has 0 spiro atoms. The van der Waals surface area contributed by atoms with Crippen LogP contribution < -0.4 is 0 Å². The Kier molecular flexibility index (Phi) is 3.02. The Morgan fingerprint density at radius 1 is 0.737 bits per heavy atom. The molecule has 0 bridgehead atoms. The van der Waals surface area contributed by atoms with Gasteiger partial charge in [-0.3, -0.25) is 4.98 Å². The van der Waals surface area contributed by atoms with Gasteiger partial charge < -0.3 is 0 Å². The zero-order valence-corrected chi connectivity index (χ0v) is 10.6. The van der Waals surface area contributed by atoms with Crippen molar-refractivity contribution in [3.8, 4) is 22.4 Å². The Morgan fingerprint density at radius 3 is 2.16 bits per heavy atom. The van der Waals surface area contributed by atoms with Gasteiger partial charge in [-0.05, 0) is 36.2 Å². The highest BCUT2D eigenvalue weighted by Crippen LogP contribution is 2.22. The number of nitrogens with zero attached hydrogens (tertiary/aromatic N) is 3. The van der Waals surface area contributed by atoms with Crippen molar-refractivity contribution in [2.24, 2.45) is 0 Å². The largest absolute Gasteiger partial charge is 0.264 e. The van der Waals surface area contributed by atoms with Crippen molar-refractivity contribution in [3.05, 3.63) is 66.6 Å². The van der Waals surface area contributed by atoms with Gasteiger partial charge in [0.25, 0.3) is 0 Å². The first-order valence-electron chi connectivity index (χ1n) is 6.14. The van der Waals surface area contributed by atoms with Gasteiger partial charge in [0.15, 0.2) is 0 Å². The average Bonchev–Trinajstić information content (AvgIpc) is 2.49. The molecular formula is C16H13N3. The van der Waals surface area contributed by atoms with Gasteiger partial charge in [-0.25, -0.2) is 0 Å². The highest BCUT2D eigenvalue weighted by Gasteiger charge is 2.01. The molecule has 3 aromatic rings. The molecule has 0 fully saturated rings. The van der Waals surface area contributed by atoms with Gasteiger partial charge in [-0.1, -0.05) is 30.3 Å². The number of pyridine rings is 1. The van der Waals surface area contributed by atoms with Crippen LogP contribution in [0.15, 0.2) is 60.9 Å². The normalized spacial score (nSPS) is 10.4. The van der Waals surface area contributed by atoms with Crippen molar-refractivity contribution in [1.82, 2.24) is 15.2 Å². The lowest BCUT2D eigenvalue weighted by Gasteiger charge is -2.03. The number of hydrogen-bond donors (Lipinski definition) is 0. The first kappa shape index (κ1) is 11.5. The maximum absolute atomic E-state index is 4.19. The van der Waals surface area contributed by atoms with Crippen LogP contribution >= 0.6 is 0 Å². The quantitative estimate of drug-likeness (QED) is 0.695. The molecule has 2 heterocycles. The van der Waals surface area contributed by atoms with E-state index in [1.165, 1.54) is 0 Å². The van der Waals surface area contributed by atoms with E-state index in [1.807, 2.05) is 37.4 Å². The Labute approximate surface area is 112 Å². The SMILES string of the molecule is Cc1ccc(-c2ccc(-c3cccnc3)cc2)nn1. The first-order chi connectivity index (χ1) is 9.33. The topological polar surface area (TPSA) is 38.7 Å². The molecule has 0 aliphatic rings. The second-order valence-electron chi connectivity index (χ2n) is 4.38. The Hall–Kier alpha value is -2.55. The van der Waals surface area contributed by atoms with Gasteiger partial charge in [0, 0.05) is 18.0 Å². The van der Waals surface area contributed by atoms with E-state index in [9.17, 15) is 0 Å². The Balaban J connectivity index is 1.93. The molecule has 1 aromatic carbocycles. The molecule has 92 valence electrons. The fraction of sp³-hybridized carbons (Fsp3) is 0.0625. The zero-order chi connectivity index (χ0) is 13.1. The van der Waals surface area contributed by atoms with E-state index in [4.69, 9.17) is 0 Å². The number of aromatic nitrogens is 3. The molecule has 3 rings (SSSR count). The minimum Gasteiger partial charge on any atom is -0.264 e. The highest BCUT2D eigenvalue weighted by atomic mass is 15.1. The van der Waals surface area contributed by atoms with E-state index in [2.05, 4.69) is 39.4 Å². The summed E-state index contributed by atoms with van der Waals surface area (Å²) in [6.07, 6.45) is 3.64. The van der Waals surface area contributed by atoms with Crippen LogP contribution in [-0.4, -0.2) is 15.2 Å². The molecular weight excluding hydrogens is 234 g/mol. The predicted octanol–water partition coefficient (Wildman–Crippen LogP) is 3.51. The van der Waals surface area contributed by atoms with Crippen LogP contribution in [0.5, 0.6) is 0 Å². The number of aryl methyl sites for hydroxylation is 1. The third kappa shape index (κ3) is 2.50. The van der Waals surface area contributed by atoms with E-state index in [1.54, 1.807) is 6.20 Å². The number of rotatable bonds is 2. The summed E-state index contributed by atoms with van der Waals surface area (Å²) in [4.78, 5) is 4.13. The fourth-order valence-corrected chi connectivity index (χ4v) is 1.92. The van der Waals surface area contributed by atoms with Gasteiger partial charge in [0.1, 0.15) is 0 Å². The van der Waals surface area contributed by atoms with Crippen molar-refractivity contribution in [2.75, 3.05) is 0 Å². The molecule has 0 amide bonds. The molecule has 3 heteroatoms. The van der Waals surface area contributed by atoms with Crippen LogP contribution in [0.3, 0.4) is 0 Å². The van der Waals surface area contributed by atoms with Gasteiger partial charge in [0.2, 0.25) is 0 Å². The second kappa shape index (κ2) is 4.98. The average molecular weight is 247 g/mol. The van der Waals surface area contributed by atoms with Crippen molar-refractivity contribution < 1.29 is 0 Å². The van der Waals surface area contributed by atoms with Crippen LogP contribution in [0.1, 0.15) is 5.69 Å². The van der Waals surface area contributed by atoms with Gasteiger partial charge >= 0.3 is 0 Å². The predicted molar refractivity (Wildman–Crippen MR) is 75.4 cm³/mol. The van der Waals surface area contributed by atoms with E-state index in [-0.39, 0.29) is 0 Å². The zero-order valence-electron chi connectivity index (χ0n) is 10.6. The van der Waals surface area contributed by atoms with Gasteiger partial charge in [-0.15, -0.1) is 0 Å². The smallest absolute Gasteiger partial charge is 0.0929 e.